The molecule has 4 nitrogen and oxygen atoms in total. The molecular formula is C21H14N4. The summed E-state index contributed by atoms with van der Waals surface area (Å²) in [6.45, 7) is 0. The Bertz CT molecular complexity index is 1180. The molecule has 118 valence electrons. The van der Waals surface area contributed by atoms with Crippen molar-refractivity contribution in [1.82, 2.24) is 19.6 Å². The Balaban J connectivity index is 1.93. The van der Waals surface area contributed by atoms with Gasteiger partial charge in [-0.2, -0.15) is 0 Å². The molecule has 0 aliphatic rings. The van der Waals surface area contributed by atoms with Crippen LogP contribution in [-0.2, 0) is 0 Å². The van der Waals surface area contributed by atoms with E-state index in [1.807, 2.05) is 78.9 Å². The summed E-state index contributed by atoms with van der Waals surface area (Å²) in [5.74, 6) is 0.825. The molecule has 2 aromatic heterocycles. The number of fused-ring (bicyclic) bond motifs is 3. The summed E-state index contributed by atoms with van der Waals surface area (Å²) in [7, 11) is 0. The normalized spacial score (nSPS) is 11.2. The van der Waals surface area contributed by atoms with E-state index in [0.29, 0.717) is 0 Å². The predicted octanol–water partition coefficient (Wildman–Crippen LogP) is 4.61. The quantitative estimate of drug-likeness (QED) is 0.476. The largest absolute Gasteiger partial charge is 0.271 e. The van der Waals surface area contributed by atoms with Gasteiger partial charge >= 0.3 is 0 Å². The molecule has 0 aliphatic heterocycles. The molecule has 0 aliphatic carbocycles. The van der Waals surface area contributed by atoms with E-state index in [4.69, 9.17) is 4.98 Å². The van der Waals surface area contributed by atoms with Gasteiger partial charge in [0.15, 0.2) is 11.5 Å². The van der Waals surface area contributed by atoms with Gasteiger partial charge in [0.2, 0.25) is 0 Å². The molecule has 0 N–H and O–H groups in total. The summed E-state index contributed by atoms with van der Waals surface area (Å²) in [6, 6.07) is 28.3. The number of aromatic nitrogens is 4. The van der Waals surface area contributed by atoms with Crippen LogP contribution < -0.4 is 0 Å². The fourth-order valence-corrected chi connectivity index (χ4v) is 3.15. The lowest BCUT2D eigenvalue weighted by atomic mass is 10.1. The van der Waals surface area contributed by atoms with Crippen LogP contribution in [0.4, 0.5) is 0 Å². The van der Waals surface area contributed by atoms with Crippen molar-refractivity contribution in [1.29, 1.82) is 0 Å². The zero-order chi connectivity index (χ0) is 16.6. The van der Waals surface area contributed by atoms with Gasteiger partial charge in [-0.3, -0.25) is 4.40 Å². The number of para-hydroxylation sites is 2. The lowest BCUT2D eigenvalue weighted by Gasteiger charge is -2.08. The van der Waals surface area contributed by atoms with Gasteiger partial charge in [0.25, 0.3) is 0 Å². The second kappa shape index (κ2) is 5.53. The second-order valence-electron chi connectivity index (χ2n) is 5.86. The summed E-state index contributed by atoms with van der Waals surface area (Å²) in [5, 5.41) is 8.95. The summed E-state index contributed by atoms with van der Waals surface area (Å²) in [6.07, 6.45) is 0. The first-order chi connectivity index (χ1) is 12.4. The van der Waals surface area contributed by atoms with Crippen molar-refractivity contribution in [3.05, 3.63) is 84.9 Å². The highest BCUT2D eigenvalue weighted by molar-refractivity contribution is 5.87. The van der Waals surface area contributed by atoms with Gasteiger partial charge in [-0.05, 0) is 12.1 Å². The molecule has 3 aromatic carbocycles. The zero-order valence-electron chi connectivity index (χ0n) is 13.4. The highest BCUT2D eigenvalue weighted by atomic mass is 15.3. The molecule has 0 spiro atoms. The second-order valence-corrected chi connectivity index (χ2v) is 5.86. The Morgan fingerprint density at radius 3 is 2.00 bits per heavy atom. The maximum atomic E-state index is 4.86. The molecule has 4 heteroatoms. The van der Waals surface area contributed by atoms with Gasteiger partial charge in [0, 0.05) is 11.1 Å². The smallest absolute Gasteiger partial charge is 0.188 e. The standard InChI is InChI=1S/C21H14N4/c1-3-9-15(10-4-1)19-21-24-23-20(16-11-5-2-6-12-16)25(21)18-14-8-7-13-17(18)22-19/h1-14H. The lowest BCUT2D eigenvalue weighted by molar-refractivity contribution is 1.12. The highest BCUT2D eigenvalue weighted by Gasteiger charge is 2.16. The van der Waals surface area contributed by atoms with Crippen molar-refractivity contribution in [3.63, 3.8) is 0 Å². The Labute approximate surface area is 144 Å². The number of hydrogen-bond acceptors (Lipinski definition) is 3. The van der Waals surface area contributed by atoms with E-state index in [9.17, 15) is 0 Å². The third-order valence-corrected chi connectivity index (χ3v) is 4.31. The van der Waals surface area contributed by atoms with Gasteiger partial charge in [-0.25, -0.2) is 4.98 Å². The fraction of sp³-hybridized carbons (Fsp3) is 0. The third-order valence-electron chi connectivity index (χ3n) is 4.31. The molecule has 5 aromatic rings. The van der Waals surface area contributed by atoms with Crippen LogP contribution in [0.15, 0.2) is 84.9 Å². The van der Waals surface area contributed by atoms with E-state index >= 15 is 0 Å². The first-order valence-electron chi connectivity index (χ1n) is 8.16. The van der Waals surface area contributed by atoms with Gasteiger partial charge in [-0.1, -0.05) is 72.8 Å². The van der Waals surface area contributed by atoms with Crippen LogP contribution >= 0.6 is 0 Å². The summed E-state index contributed by atoms with van der Waals surface area (Å²) >= 11 is 0. The van der Waals surface area contributed by atoms with Crippen molar-refractivity contribution >= 4 is 16.7 Å². The van der Waals surface area contributed by atoms with Gasteiger partial charge in [0.05, 0.1) is 11.0 Å². The predicted molar refractivity (Wildman–Crippen MR) is 99.2 cm³/mol. The molecule has 0 bridgehead atoms. The van der Waals surface area contributed by atoms with Crippen LogP contribution in [0.3, 0.4) is 0 Å². The van der Waals surface area contributed by atoms with Crippen LogP contribution in [0, 0.1) is 0 Å². The topological polar surface area (TPSA) is 43.1 Å². The van der Waals surface area contributed by atoms with Crippen LogP contribution in [0.25, 0.3) is 39.3 Å². The van der Waals surface area contributed by atoms with E-state index in [1.54, 1.807) is 0 Å². The first kappa shape index (κ1) is 13.9. The summed E-state index contributed by atoms with van der Waals surface area (Å²) < 4.78 is 2.10. The Kier molecular flexibility index (Phi) is 3.07. The molecule has 0 radical (unpaired) electrons. The van der Waals surface area contributed by atoms with E-state index in [0.717, 1.165) is 39.3 Å². The average Bonchev–Trinajstić information content (AvgIpc) is 3.14. The van der Waals surface area contributed by atoms with Crippen molar-refractivity contribution < 1.29 is 0 Å². The van der Waals surface area contributed by atoms with Crippen molar-refractivity contribution in [3.8, 4) is 22.6 Å². The summed E-state index contributed by atoms with van der Waals surface area (Å²) in [4.78, 5) is 4.86. The molecule has 0 fully saturated rings. The third kappa shape index (κ3) is 2.19. The Morgan fingerprint density at radius 1 is 0.600 bits per heavy atom. The molecule has 2 heterocycles. The van der Waals surface area contributed by atoms with E-state index < -0.39 is 0 Å². The number of benzene rings is 3. The number of nitrogens with zero attached hydrogens (tertiary/aromatic N) is 4. The van der Waals surface area contributed by atoms with Crippen molar-refractivity contribution in [2.45, 2.75) is 0 Å². The van der Waals surface area contributed by atoms with Crippen LogP contribution in [0.5, 0.6) is 0 Å². The van der Waals surface area contributed by atoms with Gasteiger partial charge in [-0.15, -0.1) is 10.2 Å². The van der Waals surface area contributed by atoms with Gasteiger partial charge < -0.3 is 0 Å². The maximum absolute atomic E-state index is 4.86. The minimum absolute atomic E-state index is 0.767. The van der Waals surface area contributed by atoms with Crippen molar-refractivity contribution in [2.24, 2.45) is 0 Å². The monoisotopic (exact) mass is 322 g/mol. The van der Waals surface area contributed by atoms with Crippen molar-refractivity contribution in [2.75, 3.05) is 0 Å². The van der Waals surface area contributed by atoms with Crippen LogP contribution in [0.1, 0.15) is 0 Å². The van der Waals surface area contributed by atoms with Crippen LogP contribution in [-0.4, -0.2) is 19.6 Å². The van der Waals surface area contributed by atoms with E-state index in [-0.39, 0.29) is 0 Å². The molecule has 0 amide bonds. The summed E-state index contributed by atoms with van der Waals surface area (Å²) in [5.41, 5.74) is 5.60. The average molecular weight is 322 g/mol. The Morgan fingerprint density at radius 2 is 1.24 bits per heavy atom. The zero-order valence-corrected chi connectivity index (χ0v) is 13.4. The molecule has 0 atom stereocenters. The van der Waals surface area contributed by atoms with Crippen LogP contribution in [0.2, 0.25) is 0 Å². The first-order valence-corrected chi connectivity index (χ1v) is 8.16. The molecule has 25 heavy (non-hydrogen) atoms. The molecule has 0 saturated heterocycles. The fourth-order valence-electron chi connectivity index (χ4n) is 3.15. The number of rotatable bonds is 2. The van der Waals surface area contributed by atoms with E-state index in [2.05, 4.69) is 20.7 Å². The number of hydrogen-bond donors (Lipinski definition) is 0. The minimum atomic E-state index is 0.767. The SMILES string of the molecule is c1ccc(-c2nc3ccccc3n3c(-c4ccccc4)nnc23)cc1. The highest BCUT2D eigenvalue weighted by Crippen LogP contribution is 2.29. The Hall–Kier alpha value is -3.53. The molecule has 5 rings (SSSR count). The van der Waals surface area contributed by atoms with Gasteiger partial charge in [0.1, 0.15) is 5.69 Å². The molecular weight excluding hydrogens is 308 g/mol. The maximum Gasteiger partial charge on any atom is 0.188 e. The lowest BCUT2D eigenvalue weighted by Crippen LogP contribution is -1.97. The molecule has 0 unspecified atom stereocenters. The molecule has 0 saturated carbocycles. The minimum Gasteiger partial charge on any atom is -0.271 e. The van der Waals surface area contributed by atoms with E-state index in [1.165, 1.54) is 0 Å².